The van der Waals surface area contributed by atoms with Crippen molar-refractivity contribution in [2.45, 2.75) is 38.6 Å². The van der Waals surface area contributed by atoms with E-state index in [0.29, 0.717) is 12.2 Å². The van der Waals surface area contributed by atoms with Crippen LogP contribution in [0.3, 0.4) is 0 Å². The van der Waals surface area contributed by atoms with Crippen LogP contribution in [0, 0.1) is 0 Å². The quantitative estimate of drug-likeness (QED) is 0.666. The van der Waals surface area contributed by atoms with Gasteiger partial charge in [-0.2, -0.15) is 0 Å². The number of methoxy groups -OCH3 is 1. The summed E-state index contributed by atoms with van der Waals surface area (Å²) in [6, 6.07) is 7.94. The second-order valence-corrected chi connectivity index (χ2v) is 4.88. The van der Waals surface area contributed by atoms with Crippen molar-refractivity contribution in [1.82, 2.24) is 5.32 Å². The Balaban J connectivity index is 1.88. The zero-order valence-electron chi connectivity index (χ0n) is 11.4. The first-order valence-electron chi connectivity index (χ1n) is 6.88. The van der Waals surface area contributed by atoms with E-state index in [1.165, 1.54) is 12.0 Å². The molecule has 102 valence electrons. The summed E-state index contributed by atoms with van der Waals surface area (Å²) in [5, 5.41) is 3.24. The van der Waals surface area contributed by atoms with Crippen molar-refractivity contribution in [2.75, 3.05) is 7.11 Å². The molecule has 0 heterocycles. The van der Waals surface area contributed by atoms with E-state index in [9.17, 15) is 4.79 Å². The summed E-state index contributed by atoms with van der Waals surface area (Å²) in [4.78, 5) is 11.8. The lowest BCUT2D eigenvalue weighted by molar-refractivity contribution is -0.115. The van der Waals surface area contributed by atoms with Crippen molar-refractivity contribution in [2.24, 2.45) is 0 Å². The molecular weight excluding hydrogens is 238 g/mol. The number of carbonyl (C=O) groups is 1. The molecule has 1 aromatic carbocycles. The molecule has 19 heavy (non-hydrogen) atoms. The Morgan fingerprint density at radius 1 is 1.16 bits per heavy atom. The number of Topliss-reactive ketones (excluding diaryl/α,β-unsaturated/α-hetero) is 1. The van der Waals surface area contributed by atoms with Crippen LogP contribution in [0.2, 0.25) is 0 Å². The summed E-state index contributed by atoms with van der Waals surface area (Å²) in [5.41, 5.74) is 2.13. The van der Waals surface area contributed by atoms with Crippen molar-refractivity contribution in [3.8, 4) is 5.75 Å². The van der Waals surface area contributed by atoms with E-state index >= 15 is 0 Å². The van der Waals surface area contributed by atoms with Crippen molar-refractivity contribution in [3.63, 3.8) is 0 Å². The van der Waals surface area contributed by atoms with Gasteiger partial charge in [-0.1, -0.05) is 18.6 Å². The van der Waals surface area contributed by atoms with E-state index in [4.69, 9.17) is 4.74 Å². The lowest BCUT2D eigenvalue weighted by Gasteiger charge is -2.06. The van der Waals surface area contributed by atoms with Gasteiger partial charge >= 0.3 is 0 Å². The minimum absolute atomic E-state index is 0.305. The van der Waals surface area contributed by atoms with Gasteiger partial charge in [0.05, 0.1) is 7.11 Å². The Morgan fingerprint density at radius 3 is 2.63 bits per heavy atom. The largest absolute Gasteiger partial charge is 0.497 e. The van der Waals surface area contributed by atoms with Crippen LogP contribution in [0.4, 0.5) is 0 Å². The normalized spacial score (nSPS) is 18.2. The number of nitrogens with one attached hydrogen (secondary N) is 1. The Morgan fingerprint density at radius 2 is 1.89 bits per heavy atom. The van der Waals surface area contributed by atoms with Crippen molar-refractivity contribution in [3.05, 3.63) is 41.6 Å². The van der Waals surface area contributed by atoms with Crippen LogP contribution in [0.1, 0.15) is 37.7 Å². The van der Waals surface area contributed by atoms with E-state index < -0.39 is 0 Å². The summed E-state index contributed by atoms with van der Waals surface area (Å²) in [7, 11) is 1.66. The van der Waals surface area contributed by atoms with E-state index in [1.807, 2.05) is 30.5 Å². The summed E-state index contributed by atoms with van der Waals surface area (Å²) in [6.45, 7) is 0.737. The number of hydrogen-bond acceptors (Lipinski definition) is 3. The Labute approximate surface area is 114 Å². The topological polar surface area (TPSA) is 38.3 Å². The van der Waals surface area contributed by atoms with Crippen LogP contribution in [-0.4, -0.2) is 12.9 Å². The predicted molar refractivity (Wildman–Crippen MR) is 76.0 cm³/mol. The summed E-state index contributed by atoms with van der Waals surface area (Å²) in [6.07, 6.45) is 6.85. The van der Waals surface area contributed by atoms with E-state index in [0.717, 1.165) is 37.1 Å². The first-order valence-corrected chi connectivity index (χ1v) is 6.88. The summed E-state index contributed by atoms with van der Waals surface area (Å²) >= 11 is 0. The lowest BCUT2D eigenvalue weighted by Crippen LogP contribution is -2.09. The zero-order chi connectivity index (χ0) is 13.5. The highest BCUT2D eigenvalue weighted by Gasteiger charge is 2.12. The molecule has 1 fully saturated rings. The van der Waals surface area contributed by atoms with Gasteiger partial charge in [0, 0.05) is 24.7 Å². The average molecular weight is 259 g/mol. The van der Waals surface area contributed by atoms with Crippen LogP contribution in [-0.2, 0) is 11.3 Å². The molecule has 0 amide bonds. The minimum atomic E-state index is 0.305. The predicted octanol–water partition coefficient (Wildman–Crippen LogP) is 3.20. The Bertz CT molecular complexity index is 448. The van der Waals surface area contributed by atoms with Crippen LogP contribution < -0.4 is 10.1 Å². The maximum absolute atomic E-state index is 11.8. The third-order valence-corrected chi connectivity index (χ3v) is 3.45. The number of hydrogen-bond donors (Lipinski definition) is 1. The van der Waals surface area contributed by atoms with Gasteiger partial charge in [-0.3, -0.25) is 4.79 Å². The van der Waals surface area contributed by atoms with Crippen LogP contribution >= 0.6 is 0 Å². The molecule has 0 unspecified atom stereocenters. The highest BCUT2D eigenvalue weighted by Crippen LogP contribution is 2.18. The molecule has 3 heteroatoms. The molecule has 2 rings (SSSR count). The second kappa shape index (κ2) is 6.98. The number of rotatable bonds is 4. The number of ether oxygens (including phenoxy) is 1. The molecule has 0 saturated heterocycles. The molecule has 0 aliphatic heterocycles. The molecule has 1 aliphatic rings. The van der Waals surface area contributed by atoms with Crippen molar-refractivity contribution >= 4 is 5.78 Å². The first-order chi connectivity index (χ1) is 9.29. The molecule has 1 aromatic rings. The van der Waals surface area contributed by atoms with Gasteiger partial charge in [0.25, 0.3) is 0 Å². The minimum Gasteiger partial charge on any atom is -0.497 e. The maximum Gasteiger partial charge on any atom is 0.160 e. The SMILES string of the molecule is COc1ccc(CN/C=C2\CCCCCC2=O)cc1. The van der Waals surface area contributed by atoms with Crippen molar-refractivity contribution in [1.29, 1.82) is 0 Å². The monoisotopic (exact) mass is 259 g/mol. The maximum atomic E-state index is 11.8. The molecule has 0 atom stereocenters. The number of benzene rings is 1. The van der Waals surface area contributed by atoms with Crippen LogP contribution in [0.25, 0.3) is 0 Å². The fourth-order valence-corrected chi connectivity index (χ4v) is 2.27. The number of allylic oxidation sites excluding steroid dienone is 1. The van der Waals surface area contributed by atoms with Gasteiger partial charge in [-0.25, -0.2) is 0 Å². The molecular formula is C16H21NO2. The number of carbonyl (C=O) groups excluding carboxylic acids is 1. The molecule has 1 aliphatic carbocycles. The molecule has 0 aromatic heterocycles. The van der Waals surface area contributed by atoms with Gasteiger partial charge in [0.1, 0.15) is 5.75 Å². The van der Waals surface area contributed by atoms with Gasteiger partial charge in [0.2, 0.25) is 0 Å². The molecule has 0 spiro atoms. The second-order valence-electron chi connectivity index (χ2n) is 4.88. The third-order valence-electron chi connectivity index (χ3n) is 3.45. The summed E-state index contributed by atoms with van der Waals surface area (Å²) in [5.74, 6) is 1.17. The van der Waals surface area contributed by atoms with Gasteiger partial charge in [0.15, 0.2) is 5.78 Å². The number of ketones is 1. The first kappa shape index (κ1) is 13.7. The average Bonchev–Trinajstić information content (AvgIpc) is 2.65. The molecule has 1 N–H and O–H groups in total. The fraction of sp³-hybridized carbons (Fsp3) is 0.438. The fourth-order valence-electron chi connectivity index (χ4n) is 2.27. The highest BCUT2D eigenvalue weighted by atomic mass is 16.5. The molecule has 0 radical (unpaired) electrons. The molecule has 1 saturated carbocycles. The third kappa shape index (κ3) is 4.12. The standard InChI is InChI=1S/C16H21NO2/c1-19-15-9-7-13(8-10-15)11-17-12-14-5-3-2-4-6-16(14)18/h7-10,12,17H,2-6,11H2,1H3/b14-12+. The Kier molecular flexibility index (Phi) is 5.01. The zero-order valence-corrected chi connectivity index (χ0v) is 11.4. The molecule has 0 bridgehead atoms. The lowest BCUT2D eigenvalue weighted by atomic mass is 10.1. The van der Waals surface area contributed by atoms with E-state index in [1.54, 1.807) is 7.11 Å². The van der Waals surface area contributed by atoms with Gasteiger partial charge < -0.3 is 10.1 Å². The van der Waals surface area contributed by atoms with E-state index in [-0.39, 0.29) is 0 Å². The van der Waals surface area contributed by atoms with Gasteiger partial charge in [-0.15, -0.1) is 0 Å². The smallest absolute Gasteiger partial charge is 0.160 e. The Hall–Kier alpha value is -1.77. The summed E-state index contributed by atoms with van der Waals surface area (Å²) < 4.78 is 5.12. The van der Waals surface area contributed by atoms with E-state index in [2.05, 4.69) is 5.32 Å². The van der Waals surface area contributed by atoms with Crippen molar-refractivity contribution < 1.29 is 9.53 Å². The highest BCUT2D eigenvalue weighted by molar-refractivity contribution is 5.95. The van der Waals surface area contributed by atoms with Crippen LogP contribution in [0.5, 0.6) is 5.75 Å². The van der Waals surface area contributed by atoms with Gasteiger partial charge in [-0.05, 0) is 37.0 Å². The van der Waals surface area contributed by atoms with Crippen LogP contribution in [0.15, 0.2) is 36.0 Å². The molecule has 3 nitrogen and oxygen atoms in total.